The summed E-state index contributed by atoms with van der Waals surface area (Å²) < 4.78 is 5.17. The predicted molar refractivity (Wildman–Crippen MR) is 75.0 cm³/mol. The first-order valence-corrected chi connectivity index (χ1v) is 6.84. The van der Waals surface area contributed by atoms with E-state index < -0.39 is 0 Å². The number of piperidine rings is 1. The van der Waals surface area contributed by atoms with Gasteiger partial charge in [0.15, 0.2) is 0 Å². The number of rotatable bonds is 4. The summed E-state index contributed by atoms with van der Waals surface area (Å²) >= 11 is 0. The van der Waals surface area contributed by atoms with E-state index in [1.807, 2.05) is 24.3 Å². The molecule has 4 nitrogen and oxygen atoms in total. The van der Waals surface area contributed by atoms with Gasteiger partial charge in [0.05, 0.1) is 13.0 Å². The van der Waals surface area contributed by atoms with Crippen molar-refractivity contribution in [2.45, 2.75) is 32.4 Å². The first-order chi connectivity index (χ1) is 9.20. The topological polar surface area (TPSA) is 50.4 Å². The summed E-state index contributed by atoms with van der Waals surface area (Å²) in [5, 5.41) is 6.36. The summed E-state index contributed by atoms with van der Waals surface area (Å²) in [6.07, 6.45) is 2.04. The van der Waals surface area contributed by atoms with Crippen molar-refractivity contribution in [2.75, 3.05) is 13.7 Å². The third-order valence-electron chi connectivity index (χ3n) is 3.70. The lowest BCUT2D eigenvalue weighted by atomic mass is 9.91. The third-order valence-corrected chi connectivity index (χ3v) is 3.70. The van der Waals surface area contributed by atoms with Gasteiger partial charge in [0.2, 0.25) is 5.91 Å². The Bertz CT molecular complexity index is 434. The van der Waals surface area contributed by atoms with E-state index in [0.29, 0.717) is 6.54 Å². The van der Waals surface area contributed by atoms with Gasteiger partial charge in [-0.1, -0.05) is 12.1 Å². The van der Waals surface area contributed by atoms with E-state index in [1.165, 1.54) is 0 Å². The zero-order valence-corrected chi connectivity index (χ0v) is 11.6. The molecule has 0 saturated carbocycles. The first-order valence-electron chi connectivity index (χ1n) is 6.84. The molecule has 2 unspecified atom stereocenters. The Morgan fingerprint density at radius 3 is 3.11 bits per heavy atom. The van der Waals surface area contributed by atoms with E-state index in [2.05, 4.69) is 17.6 Å². The average molecular weight is 262 g/mol. The van der Waals surface area contributed by atoms with Crippen molar-refractivity contribution in [3.8, 4) is 5.75 Å². The van der Waals surface area contributed by atoms with Gasteiger partial charge >= 0.3 is 0 Å². The summed E-state index contributed by atoms with van der Waals surface area (Å²) in [4.78, 5) is 12.2. The smallest absolute Gasteiger partial charge is 0.224 e. The maximum Gasteiger partial charge on any atom is 0.224 e. The fraction of sp³-hybridized carbons (Fsp3) is 0.533. The zero-order valence-electron chi connectivity index (χ0n) is 11.6. The molecule has 0 radical (unpaired) electrons. The number of carbonyl (C=O) groups excluding carboxylic acids is 1. The van der Waals surface area contributed by atoms with Gasteiger partial charge in [0, 0.05) is 12.6 Å². The van der Waals surface area contributed by atoms with Crippen LogP contribution < -0.4 is 15.4 Å². The second kappa shape index (κ2) is 6.57. The van der Waals surface area contributed by atoms with Gasteiger partial charge in [0.1, 0.15) is 5.75 Å². The lowest BCUT2D eigenvalue weighted by Gasteiger charge is -2.28. The maximum atomic E-state index is 12.2. The van der Waals surface area contributed by atoms with Crippen LogP contribution in [0.5, 0.6) is 5.75 Å². The van der Waals surface area contributed by atoms with Gasteiger partial charge in [0.25, 0.3) is 0 Å². The summed E-state index contributed by atoms with van der Waals surface area (Å²) in [5.74, 6) is 1.04. The standard InChI is InChI=1S/C15H22N2O2/c1-11-14(7-4-8-16-11)15(18)17-10-12-5-3-6-13(9-12)19-2/h3,5-6,9,11,14,16H,4,7-8,10H2,1-2H3,(H,17,18). The van der Waals surface area contributed by atoms with E-state index in [1.54, 1.807) is 7.11 Å². The molecular weight excluding hydrogens is 240 g/mol. The molecule has 0 bridgehead atoms. The van der Waals surface area contributed by atoms with Gasteiger partial charge < -0.3 is 15.4 Å². The van der Waals surface area contributed by atoms with Gasteiger partial charge in [-0.15, -0.1) is 0 Å². The van der Waals surface area contributed by atoms with Crippen LogP contribution in [0.2, 0.25) is 0 Å². The van der Waals surface area contributed by atoms with Crippen LogP contribution in [0, 0.1) is 5.92 Å². The second-order valence-electron chi connectivity index (χ2n) is 5.06. The average Bonchev–Trinajstić information content (AvgIpc) is 2.45. The molecule has 1 aromatic carbocycles. The van der Waals surface area contributed by atoms with E-state index in [9.17, 15) is 4.79 Å². The molecule has 1 amide bonds. The molecule has 0 aromatic heterocycles. The molecular formula is C15H22N2O2. The highest BCUT2D eigenvalue weighted by Gasteiger charge is 2.26. The molecule has 104 valence electrons. The predicted octanol–water partition coefficient (Wildman–Crippen LogP) is 1.70. The Morgan fingerprint density at radius 1 is 1.53 bits per heavy atom. The summed E-state index contributed by atoms with van der Waals surface area (Å²) in [7, 11) is 1.65. The molecule has 1 aliphatic heterocycles. The Kier molecular flexibility index (Phi) is 4.80. The number of carbonyl (C=O) groups is 1. The molecule has 1 aliphatic rings. The van der Waals surface area contributed by atoms with E-state index in [0.717, 1.165) is 30.7 Å². The number of amides is 1. The van der Waals surface area contributed by atoms with Crippen LogP contribution in [0.25, 0.3) is 0 Å². The summed E-state index contributed by atoms with van der Waals surface area (Å²) in [6.45, 7) is 3.65. The Hall–Kier alpha value is -1.55. The van der Waals surface area contributed by atoms with E-state index in [4.69, 9.17) is 4.74 Å². The van der Waals surface area contributed by atoms with Crippen molar-refractivity contribution >= 4 is 5.91 Å². The van der Waals surface area contributed by atoms with Crippen LogP contribution in [0.15, 0.2) is 24.3 Å². The number of methoxy groups -OCH3 is 1. The molecule has 1 heterocycles. The molecule has 1 aromatic rings. The van der Waals surface area contributed by atoms with Crippen LogP contribution in [-0.4, -0.2) is 25.6 Å². The minimum absolute atomic E-state index is 0.0827. The number of hydrogen-bond acceptors (Lipinski definition) is 3. The lowest BCUT2D eigenvalue weighted by Crippen LogP contribution is -2.46. The van der Waals surface area contributed by atoms with E-state index in [-0.39, 0.29) is 17.9 Å². The number of ether oxygens (including phenoxy) is 1. The third kappa shape index (κ3) is 3.70. The van der Waals surface area contributed by atoms with Gasteiger partial charge in [-0.2, -0.15) is 0 Å². The monoisotopic (exact) mass is 262 g/mol. The molecule has 4 heteroatoms. The highest BCUT2D eigenvalue weighted by Crippen LogP contribution is 2.17. The lowest BCUT2D eigenvalue weighted by molar-refractivity contribution is -0.126. The van der Waals surface area contributed by atoms with Crippen LogP contribution in [-0.2, 0) is 11.3 Å². The largest absolute Gasteiger partial charge is 0.497 e. The number of hydrogen-bond donors (Lipinski definition) is 2. The molecule has 0 aliphatic carbocycles. The minimum atomic E-state index is 0.0827. The maximum absolute atomic E-state index is 12.2. The van der Waals surface area contributed by atoms with Crippen molar-refractivity contribution in [3.05, 3.63) is 29.8 Å². The molecule has 1 fully saturated rings. The van der Waals surface area contributed by atoms with Crippen LogP contribution in [0.4, 0.5) is 0 Å². The molecule has 2 N–H and O–H groups in total. The molecule has 2 atom stereocenters. The van der Waals surface area contributed by atoms with Crippen molar-refractivity contribution in [3.63, 3.8) is 0 Å². The van der Waals surface area contributed by atoms with Crippen LogP contribution >= 0.6 is 0 Å². The van der Waals surface area contributed by atoms with Crippen LogP contribution in [0.3, 0.4) is 0 Å². The second-order valence-corrected chi connectivity index (χ2v) is 5.06. The zero-order chi connectivity index (χ0) is 13.7. The SMILES string of the molecule is COc1cccc(CNC(=O)C2CCCNC2C)c1. The van der Waals surface area contributed by atoms with Crippen molar-refractivity contribution in [1.82, 2.24) is 10.6 Å². The molecule has 19 heavy (non-hydrogen) atoms. The van der Waals surface area contributed by atoms with Gasteiger partial charge in [-0.3, -0.25) is 4.79 Å². The van der Waals surface area contributed by atoms with Crippen LogP contribution in [0.1, 0.15) is 25.3 Å². The number of benzene rings is 1. The van der Waals surface area contributed by atoms with Gasteiger partial charge in [-0.25, -0.2) is 0 Å². The molecule has 0 spiro atoms. The Labute approximate surface area is 114 Å². The van der Waals surface area contributed by atoms with Crippen molar-refractivity contribution in [1.29, 1.82) is 0 Å². The number of nitrogens with one attached hydrogen (secondary N) is 2. The molecule has 1 saturated heterocycles. The van der Waals surface area contributed by atoms with E-state index >= 15 is 0 Å². The minimum Gasteiger partial charge on any atom is -0.497 e. The highest BCUT2D eigenvalue weighted by atomic mass is 16.5. The Balaban J connectivity index is 1.88. The summed E-state index contributed by atoms with van der Waals surface area (Å²) in [5.41, 5.74) is 1.06. The van der Waals surface area contributed by atoms with Gasteiger partial charge in [-0.05, 0) is 44.0 Å². The Morgan fingerprint density at radius 2 is 2.37 bits per heavy atom. The first kappa shape index (κ1) is 13.9. The summed E-state index contributed by atoms with van der Waals surface area (Å²) in [6, 6.07) is 8.04. The fourth-order valence-electron chi connectivity index (χ4n) is 2.50. The normalized spacial score (nSPS) is 22.8. The van der Waals surface area contributed by atoms with Crippen molar-refractivity contribution < 1.29 is 9.53 Å². The highest BCUT2D eigenvalue weighted by molar-refractivity contribution is 5.79. The van der Waals surface area contributed by atoms with Crippen molar-refractivity contribution in [2.24, 2.45) is 5.92 Å². The fourth-order valence-corrected chi connectivity index (χ4v) is 2.50. The quantitative estimate of drug-likeness (QED) is 0.868. The molecule has 2 rings (SSSR count).